The molecule has 1 atom stereocenters. The van der Waals surface area contributed by atoms with Crippen LogP contribution in [0.15, 0.2) is 24.3 Å². The van der Waals surface area contributed by atoms with Crippen molar-refractivity contribution in [1.29, 1.82) is 0 Å². The summed E-state index contributed by atoms with van der Waals surface area (Å²) in [7, 11) is 1.86. The zero-order chi connectivity index (χ0) is 11.0. The van der Waals surface area contributed by atoms with Crippen LogP contribution in [0.25, 0.3) is 0 Å². The molecule has 0 spiro atoms. The number of benzene rings is 1. The van der Waals surface area contributed by atoms with E-state index in [2.05, 4.69) is 19.9 Å². The first kappa shape index (κ1) is 10.2. The van der Waals surface area contributed by atoms with Crippen molar-refractivity contribution in [2.24, 2.45) is 5.92 Å². The summed E-state index contributed by atoms with van der Waals surface area (Å²) in [6, 6.07) is 8.09. The van der Waals surface area contributed by atoms with E-state index < -0.39 is 0 Å². The molecular weight excluding hydrogens is 186 g/mol. The molecule has 2 nitrogen and oxygen atoms in total. The van der Waals surface area contributed by atoms with Gasteiger partial charge in [0.2, 0.25) is 5.91 Å². The van der Waals surface area contributed by atoms with Gasteiger partial charge in [-0.1, -0.05) is 32.0 Å². The van der Waals surface area contributed by atoms with Crippen LogP contribution >= 0.6 is 0 Å². The molecule has 0 radical (unpaired) electrons. The predicted molar refractivity (Wildman–Crippen MR) is 62.0 cm³/mol. The Morgan fingerprint density at radius 3 is 2.67 bits per heavy atom. The molecule has 0 aliphatic carbocycles. The Bertz CT molecular complexity index is 384. The Kier molecular flexibility index (Phi) is 2.51. The van der Waals surface area contributed by atoms with Crippen LogP contribution in [0.5, 0.6) is 0 Å². The highest BCUT2D eigenvalue weighted by Crippen LogP contribution is 2.39. The smallest absolute Gasteiger partial charge is 0.234 e. The van der Waals surface area contributed by atoms with Crippen molar-refractivity contribution in [3.05, 3.63) is 29.8 Å². The van der Waals surface area contributed by atoms with Gasteiger partial charge in [-0.15, -0.1) is 0 Å². The quantitative estimate of drug-likeness (QED) is 0.723. The van der Waals surface area contributed by atoms with Crippen LogP contribution in [-0.4, -0.2) is 13.0 Å². The lowest BCUT2D eigenvalue weighted by atomic mass is 9.91. The number of anilines is 1. The average Bonchev–Trinajstić information content (AvgIpc) is 2.44. The topological polar surface area (TPSA) is 20.3 Å². The van der Waals surface area contributed by atoms with E-state index >= 15 is 0 Å². The summed E-state index contributed by atoms with van der Waals surface area (Å²) in [6.45, 7) is 4.32. The molecule has 1 aromatic carbocycles. The number of hydrogen-bond donors (Lipinski definition) is 0. The first-order valence-electron chi connectivity index (χ1n) is 5.47. The SMILES string of the molecule is CC(C)CC1C(=O)N(C)c2ccccc21. The Morgan fingerprint density at radius 1 is 1.33 bits per heavy atom. The maximum absolute atomic E-state index is 12.0. The molecule has 0 fully saturated rings. The highest BCUT2D eigenvalue weighted by Gasteiger charge is 2.34. The first-order valence-corrected chi connectivity index (χ1v) is 5.47. The second-order valence-corrected chi connectivity index (χ2v) is 4.64. The van der Waals surface area contributed by atoms with Crippen molar-refractivity contribution in [3.63, 3.8) is 0 Å². The number of carbonyl (C=O) groups is 1. The highest BCUT2D eigenvalue weighted by molar-refractivity contribution is 6.04. The van der Waals surface area contributed by atoms with Crippen LogP contribution in [-0.2, 0) is 4.79 Å². The minimum atomic E-state index is 0.0752. The van der Waals surface area contributed by atoms with E-state index in [1.165, 1.54) is 5.56 Å². The number of nitrogens with zero attached hydrogens (tertiary/aromatic N) is 1. The summed E-state index contributed by atoms with van der Waals surface area (Å²) >= 11 is 0. The molecule has 0 saturated carbocycles. The molecule has 1 aliphatic heterocycles. The van der Waals surface area contributed by atoms with Crippen LogP contribution in [0.3, 0.4) is 0 Å². The second-order valence-electron chi connectivity index (χ2n) is 4.64. The molecule has 0 saturated heterocycles. The highest BCUT2D eigenvalue weighted by atomic mass is 16.2. The number of likely N-dealkylation sites (N-methyl/N-ethyl adjacent to an activating group) is 1. The Balaban J connectivity index is 2.38. The van der Waals surface area contributed by atoms with Crippen LogP contribution in [0.1, 0.15) is 31.7 Å². The third-order valence-corrected chi connectivity index (χ3v) is 3.01. The van der Waals surface area contributed by atoms with Crippen molar-refractivity contribution in [2.75, 3.05) is 11.9 Å². The molecule has 1 unspecified atom stereocenters. The number of hydrogen-bond acceptors (Lipinski definition) is 1. The van der Waals surface area contributed by atoms with E-state index in [0.717, 1.165) is 12.1 Å². The zero-order valence-corrected chi connectivity index (χ0v) is 9.53. The molecule has 1 heterocycles. The minimum Gasteiger partial charge on any atom is -0.315 e. The van der Waals surface area contributed by atoms with Gasteiger partial charge in [-0.2, -0.15) is 0 Å². The van der Waals surface area contributed by atoms with Crippen molar-refractivity contribution in [3.8, 4) is 0 Å². The van der Waals surface area contributed by atoms with Gasteiger partial charge in [-0.05, 0) is 24.0 Å². The summed E-state index contributed by atoms with van der Waals surface area (Å²) in [6.07, 6.45) is 0.945. The molecule has 80 valence electrons. The number of para-hydroxylation sites is 1. The van der Waals surface area contributed by atoms with E-state index in [1.807, 2.05) is 25.2 Å². The van der Waals surface area contributed by atoms with Gasteiger partial charge in [0.25, 0.3) is 0 Å². The lowest BCUT2D eigenvalue weighted by Gasteiger charge is -2.12. The van der Waals surface area contributed by atoms with Crippen molar-refractivity contribution in [2.45, 2.75) is 26.2 Å². The summed E-state index contributed by atoms with van der Waals surface area (Å²) in [5.74, 6) is 0.870. The van der Waals surface area contributed by atoms with Crippen molar-refractivity contribution >= 4 is 11.6 Å². The minimum absolute atomic E-state index is 0.0752. The van der Waals surface area contributed by atoms with Crippen LogP contribution in [0.4, 0.5) is 5.69 Å². The molecule has 0 N–H and O–H groups in total. The lowest BCUT2D eigenvalue weighted by molar-refractivity contribution is -0.119. The maximum Gasteiger partial charge on any atom is 0.234 e. The largest absolute Gasteiger partial charge is 0.315 e. The van der Waals surface area contributed by atoms with Gasteiger partial charge in [0, 0.05) is 12.7 Å². The van der Waals surface area contributed by atoms with Crippen molar-refractivity contribution < 1.29 is 4.79 Å². The fraction of sp³-hybridized carbons (Fsp3) is 0.462. The first-order chi connectivity index (χ1) is 7.11. The number of amides is 1. The molecular formula is C13H17NO. The van der Waals surface area contributed by atoms with E-state index in [0.29, 0.717) is 5.92 Å². The van der Waals surface area contributed by atoms with E-state index in [4.69, 9.17) is 0 Å². The third-order valence-electron chi connectivity index (χ3n) is 3.01. The molecule has 0 aromatic heterocycles. The summed E-state index contributed by atoms with van der Waals surface area (Å²) in [5.41, 5.74) is 2.27. The molecule has 2 rings (SSSR count). The van der Waals surface area contributed by atoms with Gasteiger partial charge in [0.15, 0.2) is 0 Å². The van der Waals surface area contributed by atoms with Gasteiger partial charge in [0.1, 0.15) is 0 Å². The molecule has 1 amide bonds. The fourth-order valence-corrected chi connectivity index (χ4v) is 2.27. The fourth-order valence-electron chi connectivity index (χ4n) is 2.27. The molecule has 1 aliphatic rings. The molecule has 1 aromatic rings. The van der Waals surface area contributed by atoms with Crippen molar-refractivity contribution in [1.82, 2.24) is 0 Å². The van der Waals surface area contributed by atoms with E-state index in [9.17, 15) is 4.79 Å². The molecule has 0 bridgehead atoms. The van der Waals surface area contributed by atoms with Gasteiger partial charge in [-0.3, -0.25) is 4.79 Å². The summed E-state index contributed by atoms with van der Waals surface area (Å²) < 4.78 is 0. The zero-order valence-electron chi connectivity index (χ0n) is 9.53. The average molecular weight is 203 g/mol. The van der Waals surface area contributed by atoms with Crippen LogP contribution in [0, 0.1) is 5.92 Å². The van der Waals surface area contributed by atoms with Gasteiger partial charge >= 0.3 is 0 Å². The predicted octanol–water partition coefficient (Wildman–Crippen LogP) is 2.79. The Morgan fingerprint density at radius 2 is 2.00 bits per heavy atom. The number of rotatable bonds is 2. The van der Waals surface area contributed by atoms with Gasteiger partial charge in [-0.25, -0.2) is 0 Å². The van der Waals surface area contributed by atoms with Crippen LogP contribution < -0.4 is 4.90 Å². The summed E-state index contributed by atoms with van der Waals surface area (Å²) in [5, 5.41) is 0. The summed E-state index contributed by atoms with van der Waals surface area (Å²) in [4.78, 5) is 13.8. The number of fused-ring (bicyclic) bond motifs is 1. The lowest BCUT2D eigenvalue weighted by Crippen LogP contribution is -2.24. The monoisotopic (exact) mass is 203 g/mol. The second kappa shape index (κ2) is 3.69. The van der Waals surface area contributed by atoms with E-state index in [1.54, 1.807) is 4.90 Å². The standard InChI is InChI=1S/C13H17NO/c1-9(2)8-11-10-6-4-5-7-12(10)14(3)13(11)15/h4-7,9,11H,8H2,1-3H3. The Hall–Kier alpha value is -1.31. The maximum atomic E-state index is 12.0. The number of carbonyl (C=O) groups excluding carboxylic acids is 1. The third kappa shape index (κ3) is 1.65. The van der Waals surface area contributed by atoms with Gasteiger partial charge < -0.3 is 4.90 Å². The molecule has 2 heteroatoms. The van der Waals surface area contributed by atoms with Crippen LogP contribution in [0.2, 0.25) is 0 Å². The van der Waals surface area contributed by atoms with E-state index in [-0.39, 0.29) is 11.8 Å². The molecule has 15 heavy (non-hydrogen) atoms. The Labute approximate surface area is 90.9 Å². The van der Waals surface area contributed by atoms with Gasteiger partial charge in [0.05, 0.1) is 5.92 Å². The normalized spacial score (nSPS) is 19.9.